The number of hydrogen-bond acceptors (Lipinski definition) is 6. The minimum absolute atomic E-state index is 0.115. The standard InChI is InChI=1S/C24H22N4O3S/c1-15-12-16(2)26-24(21(15)13-25)32-14-22(29)27-18-6-4-17(5-7-18)23(30)28-19-8-10-20(31-3)11-9-19/h4-12H,14H2,1-3H3,(H,27,29)(H,28,30). The summed E-state index contributed by atoms with van der Waals surface area (Å²) in [7, 11) is 1.58. The minimum Gasteiger partial charge on any atom is -0.497 e. The van der Waals surface area contributed by atoms with Crippen LogP contribution < -0.4 is 15.4 Å². The van der Waals surface area contributed by atoms with Crippen molar-refractivity contribution >= 4 is 35.0 Å². The molecule has 0 spiro atoms. The number of nitriles is 1. The topological polar surface area (TPSA) is 104 Å². The number of hydrogen-bond donors (Lipinski definition) is 2. The van der Waals surface area contributed by atoms with Gasteiger partial charge >= 0.3 is 0 Å². The summed E-state index contributed by atoms with van der Waals surface area (Å²) in [6, 6.07) is 17.6. The molecule has 2 aromatic carbocycles. The molecule has 0 atom stereocenters. The molecule has 0 aliphatic heterocycles. The maximum absolute atomic E-state index is 12.4. The highest BCUT2D eigenvalue weighted by atomic mass is 32.2. The van der Waals surface area contributed by atoms with Crippen molar-refractivity contribution in [2.24, 2.45) is 0 Å². The Hall–Kier alpha value is -3.83. The molecule has 2 N–H and O–H groups in total. The summed E-state index contributed by atoms with van der Waals surface area (Å²) < 4.78 is 5.10. The summed E-state index contributed by atoms with van der Waals surface area (Å²) in [5.74, 6) is 0.340. The number of thioether (sulfide) groups is 1. The van der Waals surface area contributed by atoms with Crippen molar-refractivity contribution in [3.63, 3.8) is 0 Å². The fraction of sp³-hybridized carbons (Fsp3) is 0.167. The van der Waals surface area contributed by atoms with Crippen molar-refractivity contribution in [2.45, 2.75) is 18.9 Å². The summed E-state index contributed by atoms with van der Waals surface area (Å²) in [4.78, 5) is 29.1. The molecular weight excluding hydrogens is 424 g/mol. The van der Waals surface area contributed by atoms with Gasteiger partial charge < -0.3 is 15.4 Å². The van der Waals surface area contributed by atoms with E-state index in [-0.39, 0.29) is 17.6 Å². The number of carbonyl (C=O) groups is 2. The summed E-state index contributed by atoms with van der Waals surface area (Å²) in [5.41, 5.74) is 3.82. The first-order valence-electron chi connectivity index (χ1n) is 9.76. The van der Waals surface area contributed by atoms with Gasteiger partial charge in [-0.15, -0.1) is 0 Å². The van der Waals surface area contributed by atoms with E-state index in [2.05, 4.69) is 21.7 Å². The SMILES string of the molecule is COc1ccc(NC(=O)c2ccc(NC(=O)CSc3nc(C)cc(C)c3C#N)cc2)cc1. The quantitative estimate of drug-likeness (QED) is 0.516. The molecule has 0 aliphatic carbocycles. The van der Waals surface area contributed by atoms with E-state index in [0.29, 0.717) is 33.3 Å². The van der Waals surface area contributed by atoms with Crippen LogP contribution in [0, 0.1) is 25.2 Å². The molecule has 7 nitrogen and oxygen atoms in total. The van der Waals surface area contributed by atoms with Gasteiger partial charge in [-0.25, -0.2) is 4.98 Å². The smallest absolute Gasteiger partial charge is 0.255 e. The average molecular weight is 447 g/mol. The van der Waals surface area contributed by atoms with Crippen LogP contribution in [0.5, 0.6) is 5.75 Å². The Bertz CT molecular complexity index is 1170. The van der Waals surface area contributed by atoms with Crippen molar-refractivity contribution in [3.8, 4) is 11.8 Å². The Kier molecular flexibility index (Phi) is 7.47. The predicted molar refractivity (Wildman–Crippen MR) is 125 cm³/mol. The summed E-state index contributed by atoms with van der Waals surface area (Å²) in [6.45, 7) is 3.70. The number of carbonyl (C=O) groups excluding carboxylic acids is 2. The molecule has 32 heavy (non-hydrogen) atoms. The molecule has 0 unspecified atom stereocenters. The van der Waals surface area contributed by atoms with Crippen LogP contribution >= 0.6 is 11.8 Å². The molecule has 0 radical (unpaired) electrons. The highest BCUT2D eigenvalue weighted by Gasteiger charge is 2.12. The van der Waals surface area contributed by atoms with Crippen LogP contribution in [0.1, 0.15) is 27.2 Å². The highest BCUT2D eigenvalue weighted by Crippen LogP contribution is 2.24. The Balaban J connectivity index is 1.56. The van der Waals surface area contributed by atoms with Gasteiger partial charge in [0.05, 0.1) is 18.4 Å². The number of aryl methyl sites for hydroxylation is 2. The lowest BCUT2D eigenvalue weighted by atomic mass is 10.1. The molecule has 1 heterocycles. The van der Waals surface area contributed by atoms with Gasteiger partial charge in [0.1, 0.15) is 16.8 Å². The molecule has 0 bridgehead atoms. The second-order valence-electron chi connectivity index (χ2n) is 6.97. The van der Waals surface area contributed by atoms with E-state index in [1.165, 1.54) is 11.8 Å². The molecule has 2 amide bonds. The molecule has 1 aromatic heterocycles. The lowest BCUT2D eigenvalue weighted by Crippen LogP contribution is -2.15. The lowest BCUT2D eigenvalue weighted by Gasteiger charge is -2.09. The van der Waals surface area contributed by atoms with Crippen LogP contribution in [0.3, 0.4) is 0 Å². The van der Waals surface area contributed by atoms with Gasteiger partial charge in [0.25, 0.3) is 5.91 Å². The molecule has 3 aromatic rings. The second-order valence-corrected chi connectivity index (χ2v) is 7.93. The van der Waals surface area contributed by atoms with E-state index in [0.717, 1.165) is 11.3 Å². The number of ether oxygens (including phenoxy) is 1. The summed E-state index contributed by atoms with van der Waals surface area (Å²) >= 11 is 1.22. The normalized spacial score (nSPS) is 10.2. The first kappa shape index (κ1) is 22.8. The molecule has 0 fully saturated rings. The van der Waals surface area contributed by atoms with E-state index < -0.39 is 0 Å². The molecule has 3 rings (SSSR count). The monoisotopic (exact) mass is 446 g/mol. The van der Waals surface area contributed by atoms with E-state index >= 15 is 0 Å². The van der Waals surface area contributed by atoms with Gasteiger partial charge in [-0.05, 0) is 74.0 Å². The van der Waals surface area contributed by atoms with E-state index in [9.17, 15) is 14.9 Å². The highest BCUT2D eigenvalue weighted by molar-refractivity contribution is 8.00. The zero-order chi connectivity index (χ0) is 23.1. The van der Waals surface area contributed by atoms with Crippen LogP contribution in [-0.4, -0.2) is 29.7 Å². The van der Waals surface area contributed by atoms with Gasteiger partial charge in [0, 0.05) is 22.6 Å². The average Bonchev–Trinajstić information content (AvgIpc) is 2.78. The number of anilines is 2. The van der Waals surface area contributed by atoms with Gasteiger partial charge in [-0.3, -0.25) is 9.59 Å². The second kappa shape index (κ2) is 10.5. The van der Waals surface area contributed by atoms with E-state index in [1.54, 1.807) is 55.6 Å². The van der Waals surface area contributed by atoms with Gasteiger partial charge in [-0.2, -0.15) is 5.26 Å². The fourth-order valence-corrected chi connectivity index (χ4v) is 3.86. The van der Waals surface area contributed by atoms with Gasteiger partial charge in [-0.1, -0.05) is 11.8 Å². The van der Waals surface area contributed by atoms with Gasteiger partial charge in [0.2, 0.25) is 5.91 Å². The van der Waals surface area contributed by atoms with E-state index in [1.807, 2.05) is 19.9 Å². The first-order chi connectivity index (χ1) is 15.4. The molecule has 162 valence electrons. The largest absolute Gasteiger partial charge is 0.497 e. The molecular formula is C24H22N4O3S. The van der Waals surface area contributed by atoms with Crippen molar-refractivity contribution in [1.82, 2.24) is 4.98 Å². The number of amides is 2. The predicted octanol–water partition coefficient (Wildman–Crippen LogP) is 4.56. The van der Waals surface area contributed by atoms with Gasteiger partial charge in [0.15, 0.2) is 0 Å². The summed E-state index contributed by atoms with van der Waals surface area (Å²) in [5, 5.41) is 15.5. The zero-order valence-electron chi connectivity index (χ0n) is 17.9. The Labute approximate surface area is 190 Å². The van der Waals surface area contributed by atoms with Crippen molar-refractivity contribution < 1.29 is 14.3 Å². The Morgan fingerprint density at radius 1 is 1.03 bits per heavy atom. The summed E-state index contributed by atoms with van der Waals surface area (Å²) in [6.07, 6.45) is 0. The van der Waals surface area contributed by atoms with Crippen LogP contribution in [0.4, 0.5) is 11.4 Å². The van der Waals surface area contributed by atoms with Crippen LogP contribution in [0.2, 0.25) is 0 Å². The number of methoxy groups -OCH3 is 1. The lowest BCUT2D eigenvalue weighted by molar-refractivity contribution is -0.113. The Morgan fingerprint density at radius 2 is 1.66 bits per heavy atom. The maximum atomic E-state index is 12.4. The van der Waals surface area contributed by atoms with Crippen LogP contribution in [0.15, 0.2) is 59.6 Å². The number of pyridine rings is 1. The Morgan fingerprint density at radius 3 is 2.28 bits per heavy atom. The third kappa shape index (κ3) is 5.86. The number of aromatic nitrogens is 1. The van der Waals surface area contributed by atoms with E-state index in [4.69, 9.17) is 4.74 Å². The maximum Gasteiger partial charge on any atom is 0.255 e. The number of nitrogens with one attached hydrogen (secondary N) is 2. The first-order valence-corrected chi connectivity index (χ1v) is 10.7. The van der Waals surface area contributed by atoms with Crippen LogP contribution in [-0.2, 0) is 4.79 Å². The molecule has 0 saturated carbocycles. The van der Waals surface area contributed by atoms with Crippen molar-refractivity contribution in [3.05, 3.63) is 77.0 Å². The molecule has 0 saturated heterocycles. The van der Waals surface area contributed by atoms with Crippen molar-refractivity contribution in [2.75, 3.05) is 23.5 Å². The third-order valence-corrected chi connectivity index (χ3v) is 5.52. The minimum atomic E-state index is -0.256. The van der Waals surface area contributed by atoms with Crippen molar-refractivity contribution in [1.29, 1.82) is 5.26 Å². The molecule has 0 aliphatic rings. The third-order valence-electron chi connectivity index (χ3n) is 4.54. The number of rotatable bonds is 7. The fourth-order valence-electron chi connectivity index (χ4n) is 2.96. The number of benzene rings is 2. The zero-order valence-corrected chi connectivity index (χ0v) is 18.7. The number of nitrogens with zero attached hydrogens (tertiary/aromatic N) is 2. The molecule has 8 heteroatoms. The van der Waals surface area contributed by atoms with Crippen LogP contribution in [0.25, 0.3) is 0 Å².